The van der Waals surface area contributed by atoms with Crippen LogP contribution in [-0.2, 0) is 9.59 Å². The van der Waals surface area contributed by atoms with Gasteiger partial charge in [0, 0.05) is 0 Å². The van der Waals surface area contributed by atoms with Gasteiger partial charge in [-0.3, -0.25) is 0 Å². The van der Waals surface area contributed by atoms with E-state index in [-0.39, 0.29) is 40.5 Å². The van der Waals surface area contributed by atoms with E-state index in [1.807, 2.05) is 46.1 Å². The van der Waals surface area contributed by atoms with E-state index in [0.29, 0.717) is 28.5 Å². The molecule has 0 spiro atoms. The van der Waals surface area contributed by atoms with E-state index in [1.165, 1.54) is 7.11 Å². The number of hydrogen-bond donors (Lipinski definition) is 3. The van der Waals surface area contributed by atoms with E-state index < -0.39 is 18.1 Å². The molecular formula is C26H42N5O3PS2. The molecule has 1 aliphatic carbocycles. The van der Waals surface area contributed by atoms with E-state index in [1.54, 1.807) is 6.33 Å². The normalized spacial score (nSPS) is 20.7. The number of carbonyl (C=O) groups is 2. The molecule has 37 heavy (non-hydrogen) atoms. The topological polar surface area (TPSA) is 113 Å². The Kier molecular flexibility index (Phi) is 8.77. The molecule has 0 saturated carbocycles. The fraction of sp³-hybridized carbons (Fsp3) is 0.654. The van der Waals surface area contributed by atoms with Gasteiger partial charge in [0.2, 0.25) is 0 Å². The summed E-state index contributed by atoms with van der Waals surface area (Å²) in [6.45, 7) is 13.9. The molecular weight excluding hydrogens is 525 g/mol. The summed E-state index contributed by atoms with van der Waals surface area (Å²) < 4.78 is 7.33. The summed E-state index contributed by atoms with van der Waals surface area (Å²) >= 11 is 9.41. The summed E-state index contributed by atoms with van der Waals surface area (Å²) in [7, 11) is -1.20. The number of ether oxygens (including phenoxy) is 1. The molecule has 0 saturated heterocycles. The monoisotopic (exact) mass is 567 g/mol. The molecule has 2 N–H and O–H groups in total. The number of nitrogens with two attached hydrogens (primary N) is 1. The van der Waals surface area contributed by atoms with Crippen LogP contribution in [-0.4, -0.2) is 73.3 Å². The Balaban J connectivity index is 2.10. The van der Waals surface area contributed by atoms with Gasteiger partial charge >= 0.3 is 232 Å². The number of imidazole rings is 1. The first kappa shape index (κ1) is 29.9. The van der Waals surface area contributed by atoms with Crippen molar-refractivity contribution in [2.45, 2.75) is 71.0 Å². The second-order valence-electron chi connectivity index (χ2n) is 12.3. The van der Waals surface area contributed by atoms with E-state index in [9.17, 15) is 9.59 Å². The number of hydrogen-bond acceptors (Lipinski definition) is 9. The van der Waals surface area contributed by atoms with Crippen molar-refractivity contribution in [2.24, 2.45) is 10.8 Å². The van der Waals surface area contributed by atoms with Gasteiger partial charge in [-0.1, -0.05) is 0 Å². The van der Waals surface area contributed by atoms with Gasteiger partial charge in [0.25, 0.3) is 0 Å². The zero-order valence-electron chi connectivity index (χ0n) is 23.1. The summed E-state index contributed by atoms with van der Waals surface area (Å²) in [5.74, 6) is 1.59. The van der Waals surface area contributed by atoms with Crippen LogP contribution in [0.1, 0.15) is 54.0 Å². The van der Waals surface area contributed by atoms with Crippen LogP contribution in [0, 0.1) is 10.8 Å². The third kappa shape index (κ3) is 5.57. The molecule has 8 nitrogen and oxygen atoms in total. The Morgan fingerprint density at radius 3 is 2.08 bits per heavy atom. The number of thiol groups is 2. The van der Waals surface area contributed by atoms with E-state index >= 15 is 0 Å². The van der Waals surface area contributed by atoms with E-state index in [4.69, 9.17) is 35.7 Å². The van der Waals surface area contributed by atoms with E-state index in [2.05, 4.69) is 33.8 Å². The van der Waals surface area contributed by atoms with Crippen molar-refractivity contribution in [2.75, 3.05) is 31.0 Å². The number of Topliss-reactive ketones (excluding diaryl/α,β-unsaturated/α-hetero) is 2. The zero-order chi connectivity index (χ0) is 27.9. The summed E-state index contributed by atoms with van der Waals surface area (Å²) in [5, 5.41) is 0. The third-order valence-corrected chi connectivity index (χ3v) is 15.2. The first-order valence-corrected chi connectivity index (χ1v) is 16.6. The van der Waals surface area contributed by atoms with Gasteiger partial charge in [-0.25, -0.2) is 0 Å². The Bertz CT molecular complexity index is 1170. The number of ketones is 2. The van der Waals surface area contributed by atoms with Crippen molar-refractivity contribution >= 4 is 61.2 Å². The van der Waals surface area contributed by atoms with Crippen LogP contribution in [0.3, 0.4) is 0 Å². The molecule has 0 fully saturated rings. The molecule has 4 atom stereocenters. The Hall–Kier alpha value is -1.64. The number of fused-ring (bicyclic) bond motifs is 1. The number of rotatable bonds is 9. The average Bonchev–Trinajstić information content (AvgIpc) is 3.45. The van der Waals surface area contributed by atoms with Crippen LogP contribution in [0.25, 0.3) is 11.2 Å². The average molecular weight is 568 g/mol. The molecule has 11 heteroatoms. The van der Waals surface area contributed by atoms with Crippen molar-refractivity contribution in [1.29, 1.82) is 0 Å². The first-order valence-electron chi connectivity index (χ1n) is 12.6. The maximum absolute atomic E-state index is 13.9. The molecule has 2 aromatic heterocycles. The molecule has 0 radical (unpaired) electrons. The zero-order valence-corrected chi connectivity index (χ0v) is 25.9. The molecule has 206 valence electrons. The number of methoxy groups -OCH3 is 1. The standard InChI is InChI=1S/C26H42N5O3PS2/c1-25(2,3)20(32)17(12-36)35(8,18(13-37)21(33)26(4,5)6)16-10-9-15(11-16)31-14-28-19-22(31)29-24(27)30-23(19)34-7/h9-10,14-18,35-37H,11-13H2,1-8H3,(H2,27,29,30)/t15-,16+,17+,18+/m0/s1. The first-order chi connectivity index (χ1) is 17.1. The van der Waals surface area contributed by atoms with Gasteiger partial charge in [0.05, 0.1) is 0 Å². The number of nitrogens with zero attached hydrogens (tertiary/aromatic N) is 4. The van der Waals surface area contributed by atoms with Gasteiger partial charge < -0.3 is 0 Å². The predicted octanol–water partition coefficient (Wildman–Crippen LogP) is 4.49. The number of aromatic nitrogens is 4. The van der Waals surface area contributed by atoms with Crippen LogP contribution >= 0.6 is 32.5 Å². The van der Waals surface area contributed by atoms with E-state index in [0.717, 1.165) is 6.42 Å². The molecule has 2 heterocycles. The van der Waals surface area contributed by atoms with Gasteiger partial charge in [0.15, 0.2) is 0 Å². The van der Waals surface area contributed by atoms with Crippen molar-refractivity contribution in [3.8, 4) is 5.88 Å². The summed E-state index contributed by atoms with van der Waals surface area (Å²) in [4.78, 5) is 40.8. The minimum absolute atomic E-state index is 0.0583. The number of allylic oxidation sites excluding steroid dienone is 2. The van der Waals surface area contributed by atoms with Crippen molar-refractivity contribution in [3.05, 3.63) is 18.5 Å². The minimum atomic E-state index is -2.73. The Morgan fingerprint density at radius 2 is 1.62 bits per heavy atom. The summed E-state index contributed by atoms with van der Waals surface area (Å²) in [5.41, 5.74) is 5.45. The molecule has 0 aromatic carbocycles. The van der Waals surface area contributed by atoms with Crippen molar-refractivity contribution in [3.63, 3.8) is 0 Å². The molecule has 0 amide bonds. The second kappa shape index (κ2) is 10.9. The molecule has 0 aliphatic heterocycles. The predicted molar refractivity (Wildman–Crippen MR) is 161 cm³/mol. The third-order valence-electron chi connectivity index (χ3n) is 7.80. The summed E-state index contributed by atoms with van der Waals surface area (Å²) in [6.07, 6.45) is 6.79. The molecule has 2 aromatic rings. The van der Waals surface area contributed by atoms with Gasteiger partial charge in [0.1, 0.15) is 0 Å². The van der Waals surface area contributed by atoms with Gasteiger partial charge in [-0.15, -0.1) is 0 Å². The fourth-order valence-corrected chi connectivity index (χ4v) is 13.8. The molecule has 3 rings (SSSR count). The molecule has 1 aliphatic rings. The van der Waals surface area contributed by atoms with Crippen LogP contribution in [0.15, 0.2) is 18.5 Å². The number of nitrogen functional groups attached to an aromatic ring is 1. The maximum atomic E-state index is 13.9. The summed E-state index contributed by atoms with van der Waals surface area (Å²) in [6, 6.07) is -0.0588. The Morgan fingerprint density at radius 1 is 1.08 bits per heavy atom. The quantitative estimate of drug-likeness (QED) is 0.232. The van der Waals surface area contributed by atoms with Gasteiger partial charge in [-0.2, -0.15) is 0 Å². The van der Waals surface area contributed by atoms with Gasteiger partial charge in [-0.05, 0) is 0 Å². The molecule has 0 bridgehead atoms. The van der Waals surface area contributed by atoms with Crippen molar-refractivity contribution in [1.82, 2.24) is 19.5 Å². The SMILES string of the molecule is COc1nc(N)nc2c1ncn2[C@H]1C=C[C@@H]([PH](C)([C@H](CS)C(=O)C(C)(C)C)[C@H](CS)C(=O)C(C)(C)C)C1. The second-order valence-corrected chi connectivity index (χ2v) is 17.9. The number of carbonyl (C=O) groups excluding carboxylic acids is 2. The number of anilines is 1. The fourth-order valence-electron chi connectivity index (χ4n) is 5.57. The van der Waals surface area contributed by atoms with Crippen LogP contribution < -0.4 is 10.5 Å². The van der Waals surface area contributed by atoms with Crippen molar-refractivity contribution < 1.29 is 14.3 Å². The molecule has 0 unspecified atom stereocenters. The van der Waals surface area contributed by atoms with Crippen LogP contribution in [0.2, 0.25) is 0 Å². The van der Waals surface area contributed by atoms with Crippen LogP contribution in [0.5, 0.6) is 5.88 Å². The van der Waals surface area contributed by atoms with Crippen LogP contribution in [0.4, 0.5) is 5.95 Å². The Labute approximate surface area is 231 Å².